The van der Waals surface area contributed by atoms with Crippen molar-refractivity contribution in [2.24, 2.45) is 34.2 Å². The van der Waals surface area contributed by atoms with Gasteiger partial charge in [0.15, 0.2) is 0 Å². The summed E-state index contributed by atoms with van der Waals surface area (Å²) in [6, 6.07) is 13.5. The van der Waals surface area contributed by atoms with Gasteiger partial charge in [-0.05, 0) is 53.9 Å². The molecule has 2 heterocycles. The van der Waals surface area contributed by atoms with Gasteiger partial charge in [0, 0.05) is 39.3 Å². The van der Waals surface area contributed by atoms with Crippen molar-refractivity contribution in [1.29, 1.82) is 0 Å². The first-order chi connectivity index (χ1) is 16.5. The van der Waals surface area contributed by atoms with Gasteiger partial charge < -0.3 is 4.57 Å². The molecule has 5 nitrogen and oxygen atoms in total. The zero-order valence-electron chi connectivity index (χ0n) is 18.2. The Hall–Kier alpha value is -2.89. The lowest BCUT2D eigenvalue weighted by atomic mass is 9.85. The monoisotopic (exact) mass is 489 g/mol. The second kappa shape index (κ2) is 7.06. The molecule has 4 atom stereocenters. The topological polar surface area (TPSA) is 54.7 Å². The number of hydrogen-bond acceptors (Lipinski definition) is 3. The summed E-state index contributed by atoms with van der Waals surface area (Å²) < 4.78 is 2.09. The van der Waals surface area contributed by atoms with E-state index in [1.165, 1.54) is 0 Å². The second-order valence-corrected chi connectivity index (χ2v) is 10.8. The van der Waals surface area contributed by atoms with Gasteiger partial charge in [0.25, 0.3) is 11.8 Å². The Kier molecular flexibility index (Phi) is 4.25. The summed E-state index contributed by atoms with van der Waals surface area (Å²) in [5.74, 6) is -0.376. The molecule has 170 valence electrons. The largest absolute Gasteiger partial charge is 0.342 e. The molecule has 2 aromatic carbocycles. The molecule has 3 fully saturated rings. The number of nitrogens with zero attached hydrogens (tertiary/aromatic N) is 3. The van der Waals surface area contributed by atoms with E-state index in [9.17, 15) is 9.59 Å². The number of para-hydroxylation sites is 1. The van der Waals surface area contributed by atoms with Crippen molar-refractivity contribution in [3.8, 4) is 0 Å². The number of halogens is 2. The van der Waals surface area contributed by atoms with Crippen LogP contribution in [0.5, 0.6) is 0 Å². The van der Waals surface area contributed by atoms with Gasteiger partial charge in [-0.25, -0.2) is 0 Å². The maximum Gasteiger partial charge on any atom is 0.254 e. The zero-order valence-corrected chi connectivity index (χ0v) is 19.7. The van der Waals surface area contributed by atoms with E-state index < -0.39 is 0 Å². The van der Waals surface area contributed by atoms with Crippen molar-refractivity contribution in [2.45, 2.75) is 19.4 Å². The molecule has 34 heavy (non-hydrogen) atoms. The van der Waals surface area contributed by atoms with Crippen LogP contribution in [-0.2, 0) is 16.1 Å². The van der Waals surface area contributed by atoms with E-state index in [0.717, 1.165) is 39.9 Å². The van der Waals surface area contributed by atoms with Gasteiger partial charge in [0.1, 0.15) is 0 Å². The van der Waals surface area contributed by atoms with E-state index in [1.807, 2.05) is 42.6 Å². The van der Waals surface area contributed by atoms with E-state index >= 15 is 0 Å². The minimum Gasteiger partial charge on any atom is -0.342 e. The maximum atomic E-state index is 13.2. The number of amides is 2. The van der Waals surface area contributed by atoms with Gasteiger partial charge >= 0.3 is 0 Å². The van der Waals surface area contributed by atoms with Crippen molar-refractivity contribution in [1.82, 2.24) is 9.58 Å². The Balaban J connectivity index is 1.20. The Labute approximate surface area is 206 Å². The van der Waals surface area contributed by atoms with Crippen LogP contribution in [0.15, 0.2) is 65.9 Å². The average Bonchev–Trinajstić information content (AvgIpc) is 3.27. The molecule has 7 rings (SSSR count). The molecule has 1 aromatic heterocycles. The van der Waals surface area contributed by atoms with Crippen molar-refractivity contribution >= 4 is 52.1 Å². The summed E-state index contributed by atoms with van der Waals surface area (Å²) in [7, 11) is 0. The number of hydrazone groups is 1. The molecule has 4 aliphatic rings. The predicted octanol–water partition coefficient (Wildman–Crippen LogP) is 5.53. The highest BCUT2D eigenvalue weighted by molar-refractivity contribution is 6.35. The zero-order chi connectivity index (χ0) is 23.2. The van der Waals surface area contributed by atoms with Gasteiger partial charge in [-0.1, -0.05) is 59.6 Å². The molecule has 0 radical (unpaired) electrons. The fraction of sp³-hybridized carbons (Fsp3) is 0.296. The number of allylic oxidation sites excluding steroid dienone is 2. The number of fused-ring (bicyclic) bond motifs is 4. The minimum atomic E-state index is -0.240. The first kappa shape index (κ1) is 20.5. The van der Waals surface area contributed by atoms with E-state index in [-0.39, 0.29) is 40.9 Å². The first-order valence-electron chi connectivity index (χ1n) is 11.6. The number of carbonyl (C=O) groups is 2. The van der Waals surface area contributed by atoms with Crippen molar-refractivity contribution < 1.29 is 9.59 Å². The summed E-state index contributed by atoms with van der Waals surface area (Å²) in [6.45, 7) is 0.563. The summed E-state index contributed by atoms with van der Waals surface area (Å²) in [6.07, 6.45) is 10.2. The standard InChI is InChI=1S/C27H21Cl2N3O2/c28-17-6-5-15(21(29)11-17)13-31-14-16(18-3-1-2-4-22(18)31)12-30-32-25(33)23-19-7-8-20(24(23)26(32)34)27(19)9-10-27/h1-8,11-12,14,19-20,23-24H,9-10,13H2/b30-12-/t19-,20-,23-,24+/m1/s1. The Morgan fingerprint density at radius 1 is 1.00 bits per heavy atom. The third-order valence-electron chi connectivity index (χ3n) is 8.32. The summed E-state index contributed by atoms with van der Waals surface area (Å²) in [4.78, 5) is 26.5. The highest BCUT2D eigenvalue weighted by atomic mass is 35.5. The van der Waals surface area contributed by atoms with Crippen LogP contribution in [0.25, 0.3) is 10.9 Å². The molecule has 7 heteroatoms. The van der Waals surface area contributed by atoms with E-state index in [1.54, 1.807) is 12.3 Å². The number of aromatic nitrogens is 1. The highest BCUT2D eigenvalue weighted by Crippen LogP contribution is 2.73. The molecule has 3 aromatic rings. The molecule has 0 N–H and O–H groups in total. The average molecular weight is 490 g/mol. The first-order valence-corrected chi connectivity index (χ1v) is 12.4. The predicted molar refractivity (Wildman–Crippen MR) is 132 cm³/mol. The number of imide groups is 1. The van der Waals surface area contributed by atoms with E-state index in [2.05, 4.69) is 21.8 Å². The van der Waals surface area contributed by atoms with Crippen molar-refractivity contribution in [3.05, 3.63) is 82.0 Å². The van der Waals surface area contributed by atoms with Crippen LogP contribution in [0.4, 0.5) is 0 Å². The number of rotatable bonds is 4. The molecule has 2 saturated carbocycles. The molecule has 1 saturated heterocycles. The lowest BCUT2D eigenvalue weighted by Crippen LogP contribution is -2.30. The van der Waals surface area contributed by atoms with Crippen LogP contribution in [-0.4, -0.2) is 27.6 Å². The molecule has 1 spiro atoms. The van der Waals surface area contributed by atoms with Gasteiger partial charge in [-0.3, -0.25) is 9.59 Å². The van der Waals surface area contributed by atoms with Crippen LogP contribution < -0.4 is 0 Å². The summed E-state index contributed by atoms with van der Waals surface area (Å²) in [5, 5.41) is 7.75. The van der Waals surface area contributed by atoms with Crippen molar-refractivity contribution in [3.63, 3.8) is 0 Å². The smallest absolute Gasteiger partial charge is 0.254 e. The van der Waals surface area contributed by atoms with Crippen LogP contribution in [0, 0.1) is 29.1 Å². The molecule has 1 aliphatic heterocycles. The summed E-state index contributed by atoms with van der Waals surface area (Å²) in [5.41, 5.74) is 3.00. The SMILES string of the molecule is O=C1[C@@H]2[C@H](C(=O)N1/N=C\c1cn(Cc3ccc(Cl)cc3Cl)c3ccccc13)[C@H]1C=C[C@H]2C12CC2. The minimum absolute atomic E-state index is 0.147. The third kappa shape index (κ3) is 2.71. The lowest BCUT2D eigenvalue weighted by molar-refractivity contribution is -0.141. The molecular weight excluding hydrogens is 469 g/mol. The Bertz CT molecular complexity index is 1420. The molecule has 2 amide bonds. The fourth-order valence-corrected chi connectivity index (χ4v) is 7.11. The molecule has 3 aliphatic carbocycles. The van der Waals surface area contributed by atoms with Crippen LogP contribution in [0.2, 0.25) is 10.0 Å². The number of hydrogen-bond donors (Lipinski definition) is 0. The van der Waals surface area contributed by atoms with Crippen LogP contribution >= 0.6 is 23.2 Å². The van der Waals surface area contributed by atoms with Gasteiger partial charge in [-0.15, -0.1) is 0 Å². The Morgan fingerprint density at radius 3 is 2.38 bits per heavy atom. The third-order valence-corrected chi connectivity index (χ3v) is 8.90. The maximum absolute atomic E-state index is 13.2. The van der Waals surface area contributed by atoms with Gasteiger partial charge in [0.05, 0.1) is 18.1 Å². The molecule has 2 bridgehead atoms. The molecule has 0 unspecified atom stereocenters. The van der Waals surface area contributed by atoms with Crippen LogP contribution in [0.1, 0.15) is 24.0 Å². The van der Waals surface area contributed by atoms with Gasteiger partial charge in [0.2, 0.25) is 0 Å². The van der Waals surface area contributed by atoms with E-state index in [4.69, 9.17) is 23.2 Å². The highest BCUT2D eigenvalue weighted by Gasteiger charge is 2.73. The Morgan fingerprint density at radius 2 is 1.71 bits per heavy atom. The van der Waals surface area contributed by atoms with Crippen molar-refractivity contribution in [2.75, 3.05) is 0 Å². The molecular formula is C27H21Cl2N3O2. The number of carbonyl (C=O) groups excluding carboxylic acids is 2. The fourth-order valence-electron chi connectivity index (χ4n) is 6.64. The van der Waals surface area contributed by atoms with Crippen LogP contribution in [0.3, 0.4) is 0 Å². The quantitative estimate of drug-likeness (QED) is 0.275. The normalized spacial score (nSPS) is 28.2. The lowest BCUT2D eigenvalue weighted by Gasteiger charge is -2.18. The second-order valence-electron chi connectivity index (χ2n) is 9.92. The summed E-state index contributed by atoms with van der Waals surface area (Å²) >= 11 is 12.5. The van der Waals surface area contributed by atoms with Gasteiger partial charge in [-0.2, -0.15) is 10.1 Å². The number of benzene rings is 2. The van der Waals surface area contributed by atoms with E-state index in [0.29, 0.717) is 16.6 Å².